The highest BCUT2D eigenvalue weighted by molar-refractivity contribution is 8.00. The Kier molecular flexibility index (Phi) is 3.43. The van der Waals surface area contributed by atoms with Crippen molar-refractivity contribution in [3.63, 3.8) is 0 Å². The summed E-state index contributed by atoms with van der Waals surface area (Å²) in [5, 5.41) is 0. The molecule has 0 bridgehead atoms. The van der Waals surface area contributed by atoms with Crippen molar-refractivity contribution < 1.29 is 12.8 Å². The molecule has 2 aromatic rings. The summed E-state index contributed by atoms with van der Waals surface area (Å²) in [7, 11) is -3.86. The Hall–Kier alpha value is -1.53. The number of rotatable bonds is 2. The number of sulfonamides is 1. The summed E-state index contributed by atoms with van der Waals surface area (Å²) in [5.74, 6) is -0.0618. The Labute approximate surface area is 121 Å². The molecule has 0 unspecified atom stereocenters. The van der Waals surface area contributed by atoms with E-state index in [-0.39, 0.29) is 4.90 Å². The smallest absolute Gasteiger partial charge is 0.264 e. The minimum atomic E-state index is -3.86. The van der Waals surface area contributed by atoms with Gasteiger partial charge in [-0.2, -0.15) is 0 Å². The Balaban J connectivity index is 2.13. The monoisotopic (exact) mass is 309 g/mol. The molecule has 6 heteroatoms. The molecule has 0 fully saturated rings. The van der Waals surface area contributed by atoms with Gasteiger partial charge >= 0.3 is 0 Å². The van der Waals surface area contributed by atoms with Gasteiger partial charge in [0.15, 0.2) is 0 Å². The second-order valence-corrected chi connectivity index (χ2v) is 7.29. The van der Waals surface area contributed by atoms with Gasteiger partial charge in [0, 0.05) is 17.2 Å². The first-order valence-corrected chi connectivity index (χ1v) is 8.52. The Morgan fingerprint density at radius 1 is 1.05 bits per heavy atom. The van der Waals surface area contributed by atoms with Gasteiger partial charge in [-0.15, -0.1) is 11.8 Å². The van der Waals surface area contributed by atoms with Crippen LogP contribution >= 0.6 is 11.8 Å². The molecule has 1 heterocycles. The van der Waals surface area contributed by atoms with E-state index in [0.29, 0.717) is 18.0 Å². The van der Waals surface area contributed by atoms with Crippen LogP contribution in [-0.4, -0.2) is 20.7 Å². The molecule has 0 aliphatic carbocycles. The molecular formula is C14H12FNO2S2. The third kappa shape index (κ3) is 2.19. The fourth-order valence-corrected chi connectivity index (χ4v) is 4.89. The van der Waals surface area contributed by atoms with Crippen LogP contribution in [0.2, 0.25) is 0 Å². The maximum absolute atomic E-state index is 13.8. The molecule has 3 nitrogen and oxygen atoms in total. The van der Waals surface area contributed by atoms with Crippen LogP contribution in [0.1, 0.15) is 0 Å². The molecule has 0 saturated carbocycles. The van der Waals surface area contributed by atoms with Crippen molar-refractivity contribution in [2.24, 2.45) is 0 Å². The average Bonchev–Trinajstić information content (AvgIpc) is 2.47. The van der Waals surface area contributed by atoms with Crippen LogP contribution in [0.15, 0.2) is 58.3 Å². The normalized spacial score (nSPS) is 14.9. The van der Waals surface area contributed by atoms with E-state index in [1.165, 1.54) is 22.5 Å². The van der Waals surface area contributed by atoms with E-state index in [2.05, 4.69) is 0 Å². The van der Waals surface area contributed by atoms with Crippen molar-refractivity contribution >= 4 is 27.5 Å². The van der Waals surface area contributed by atoms with E-state index >= 15 is 0 Å². The van der Waals surface area contributed by atoms with Crippen LogP contribution < -0.4 is 4.31 Å². The van der Waals surface area contributed by atoms with Gasteiger partial charge in [0.05, 0.1) is 5.69 Å². The van der Waals surface area contributed by atoms with Gasteiger partial charge in [0.25, 0.3) is 10.0 Å². The fourth-order valence-electron chi connectivity index (χ4n) is 2.17. The minimum Gasteiger partial charge on any atom is -0.264 e. The summed E-state index contributed by atoms with van der Waals surface area (Å²) in [6, 6.07) is 12.8. The highest BCUT2D eigenvalue weighted by atomic mass is 32.2. The van der Waals surface area contributed by atoms with Crippen molar-refractivity contribution in [2.75, 3.05) is 16.6 Å². The zero-order valence-corrected chi connectivity index (χ0v) is 12.1. The van der Waals surface area contributed by atoms with Crippen molar-refractivity contribution in [3.8, 4) is 0 Å². The van der Waals surface area contributed by atoms with E-state index < -0.39 is 15.8 Å². The third-order valence-electron chi connectivity index (χ3n) is 3.09. The summed E-state index contributed by atoms with van der Waals surface area (Å²) in [5.41, 5.74) is 0.618. The summed E-state index contributed by atoms with van der Waals surface area (Å²) in [4.78, 5) is 0.625. The van der Waals surface area contributed by atoms with Crippen molar-refractivity contribution in [1.82, 2.24) is 0 Å². The molecule has 0 spiro atoms. The molecule has 0 aromatic heterocycles. The van der Waals surface area contributed by atoms with Gasteiger partial charge in [-0.05, 0) is 24.3 Å². The molecule has 0 atom stereocenters. The number of nitrogens with zero attached hydrogens (tertiary/aromatic N) is 1. The van der Waals surface area contributed by atoms with Crippen molar-refractivity contribution in [1.29, 1.82) is 0 Å². The molecule has 104 valence electrons. The number of benzene rings is 2. The number of anilines is 1. The van der Waals surface area contributed by atoms with E-state index in [0.717, 1.165) is 11.0 Å². The highest BCUT2D eigenvalue weighted by Crippen LogP contribution is 2.37. The summed E-state index contributed by atoms with van der Waals surface area (Å²) < 4.78 is 40.4. The van der Waals surface area contributed by atoms with Crippen LogP contribution in [0.3, 0.4) is 0 Å². The molecule has 0 radical (unpaired) electrons. The summed E-state index contributed by atoms with van der Waals surface area (Å²) in [6.45, 7) is 0.346. The predicted molar refractivity (Wildman–Crippen MR) is 78.1 cm³/mol. The first-order valence-electron chi connectivity index (χ1n) is 6.10. The lowest BCUT2D eigenvalue weighted by Crippen LogP contribution is -2.35. The lowest BCUT2D eigenvalue weighted by molar-refractivity contribution is 0.564. The van der Waals surface area contributed by atoms with Crippen LogP contribution in [0.4, 0.5) is 10.1 Å². The fraction of sp³-hybridized carbons (Fsp3) is 0.143. The quantitative estimate of drug-likeness (QED) is 0.855. The average molecular weight is 309 g/mol. The number of fused-ring (bicyclic) bond motifs is 1. The molecule has 3 rings (SSSR count). The first kappa shape index (κ1) is 13.5. The predicted octanol–water partition coefficient (Wildman–Crippen LogP) is 3.13. The molecule has 1 aliphatic rings. The van der Waals surface area contributed by atoms with Crippen LogP contribution in [0.25, 0.3) is 0 Å². The Bertz CT molecular complexity index is 746. The van der Waals surface area contributed by atoms with Gasteiger partial charge < -0.3 is 0 Å². The summed E-state index contributed by atoms with van der Waals surface area (Å²) >= 11 is 1.61. The standard InChI is InChI=1S/C14H12FNO2S2/c15-11-5-1-4-8-14(11)20(17,18)16-9-10-19-13-7-3-2-6-12(13)16/h1-8H,9-10H2. The van der Waals surface area contributed by atoms with Gasteiger partial charge in [-0.25, -0.2) is 12.8 Å². The highest BCUT2D eigenvalue weighted by Gasteiger charge is 2.30. The van der Waals surface area contributed by atoms with Crippen molar-refractivity contribution in [3.05, 3.63) is 54.3 Å². The molecule has 0 N–H and O–H groups in total. The Morgan fingerprint density at radius 2 is 1.75 bits per heavy atom. The van der Waals surface area contributed by atoms with Crippen LogP contribution in [0.5, 0.6) is 0 Å². The molecule has 1 aliphatic heterocycles. The maximum Gasteiger partial charge on any atom is 0.267 e. The zero-order valence-electron chi connectivity index (χ0n) is 10.5. The van der Waals surface area contributed by atoms with Gasteiger partial charge in [-0.3, -0.25) is 4.31 Å². The zero-order chi connectivity index (χ0) is 14.2. The molecule has 20 heavy (non-hydrogen) atoms. The maximum atomic E-state index is 13.8. The van der Waals surface area contributed by atoms with Crippen molar-refractivity contribution in [2.45, 2.75) is 9.79 Å². The lowest BCUT2D eigenvalue weighted by atomic mass is 10.3. The largest absolute Gasteiger partial charge is 0.267 e. The second kappa shape index (κ2) is 5.10. The Morgan fingerprint density at radius 3 is 2.55 bits per heavy atom. The third-order valence-corrected chi connectivity index (χ3v) is 5.98. The molecule has 2 aromatic carbocycles. The number of hydrogen-bond donors (Lipinski definition) is 0. The molecule has 0 saturated heterocycles. The van der Waals surface area contributed by atoms with E-state index in [1.54, 1.807) is 23.9 Å². The summed E-state index contributed by atoms with van der Waals surface area (Å²) in [6.07, 6.45) is 0. The first-order chi connectivity index (χ1) is 9.60. The number of para-hydroxylation sites is 1. The minimum absolute atomic E-state index is 0.276. The SMILES string of the molecule is O=S(=O)(c1ccccc1F)N1CCSc2ccccc21. The van der Waals surface area contributed by atoms with E-state index in [9.17, 15) is 12.8 Å². The lowest BCUT2D eigenvalue weighted by Gasteiger charge is -2.30. The molecule has 0 amide bonds. The van der Waals surface area contributed by atoms with Crippen LogP contribution in [-0.2, 0) is 10.0 Å². The topological polar surface area (TPSA) is 37.4 Å². The number of hydrogen-bond acceptors (Lipinski definition) is 3. The van der Waals surface area contributed by atoms with Gasteiger partial charge in [-0.1, -0.05) is 24.3 Å². The molecular weight excluding hydrogens is 297 g/mol. The van der Waals surface area contributed by atoms with E-state index in [4.69, 9.17) is 0 Å². The van der Waals surface area contributed by atoms with Crippen LogP contribution in [0, 0.1) is 5.82 Å². The number of thioether (sulfide) groups is 1. The second-order valence-electron chi connectivity index (χ2n) is 4.32. The van der Waals surface area contributed by atoms with E-state index in [1.807, 2.05) is 12.1 Å². The van der Waals surface area contributed by atoms with Gasteiger partial charge in [0.2, 0.25) is 0 Å². The number of halogens is 1. The van der Waals surface area contributed by atoms with Gasteiger partial charge in [0.1, 0.15) is 10.7 Å².